The van der Waals surface area contributed by atoms with Crippen LogP contribution >= 0.6 is 0 Å². The number of carbonyl (C=O) groups is 1. The van der Waals surface area contributed by atoms with Gasteiger partial charge in [-0.1, -0.05) is 25.1 Å². The van der Waals surface area contributed by atoms with Gasteiger partial charge in [0.2, 0.25) is 5.79 Å². The van der Waals surface area contributed by atoms with Crippen LogP contribution in [0.2, 0.25) is 0 Å². The first-order chi connectivity index (χ1) is 11.6. The van der Waals surface area contributed by atoms with Gasteiger partial charge in [-0.05, 0) is 42.0 Å². The van der Waals surface area contributed by atoms with E-state index in [9.17, 15) is 4.79 Å². The van der Waals surface area contributed by atoms with Crippen molar-refractivity contribution in [1.29, 1.82) is 0 Å². The molecule has 0 aromatic heterocycles. The van der Waals surface area contributed by atoms with Crippen molar-refractivity contribution in [3.8, 4) is 0 Å². The molecule has 0 amide bonds. The number of hydrogen-bond acceptors (Lipinski definition) is 4. The van der Waals surface area contributed by atoms with E-state index >= 15 is 0 Å². The molecule has 1 fully saturated rings. The lowest BCUT2D eigenvalue weighted by atomic mass is 9.57. The maximum Gasteiger partial charge on any atom is 0.337 e. The number of methoxy groups -OCH3 is 1. The molecule has 1 aliphatic heterocycles. The van der Waals surface area contributed by atoms with Gasteiger partial charge in [-0.2, -0.15) is 0 Å². The number of benzene rings is 1. The molecule has 1 aromatic rings. The summed E-state index contributed by atoms with van der Waals surface area (Å²) in [5, 5.41) is 0. The Morgan fingerprint density at radius 2 is 2.08 bits per heavy atom. The molecule has 0 radical (unpaired) electrons. The number of esters is 1. The molecule has 1 aromatic carbocycles. The maximum absolute atomic E-state index is 11.8. The monoisotopic (exact) mass is 326 g/mol. The fourth-order valence-corrected chi connectivity index (χ4v) is 4.61. The molecule has 2 atom stereocenters. The summed E-state index contributed by atoms with van der Waals surface area (Å²) >= 11 is 0. The van der Waals surface area contributed by atoms with Crippen molar-refractivity contribution < 1.29 is 19.0 Å². The number of allylic oxidation sites excluding steroid dienone is 1. The Morgan fingerprint density at radius 3 is 2.79 bits per heavy atom. The van der Waals surface area contributed by atoms with Crippen LogP contribution in [-0.4, -0.2) is 18.9 Å². The van der Waals surface area contributed by atoms with Crippen molar-refractivity contribution in [2.24, 2.45) is 5.92 Å². The molecule has 1 saturated carbocycles. The molecule has 2 aliphatic carbocycles. The molecule has 4 heteroatoms. The predicted molar refractivity (Wildman–Crippen MR) is 90.2 cm³/mol. The van der Waals surface area contributed by atoms with Gasteiger partial charge in [-0.25, -0.2) is 4.79 Å². The number of carbonyl (C=O) groups excluding carboxylic acids is 1. The number of fused-ring (bicyclic) bond motifs is 3. The predicted octanol–water partition coefficient (Wildman–Crippen LogP) is 4.16. The summed E-state index contributed by atoms with van der Waals surface area (Å²) in [4.78, 5) is 11.8. The van der Waals surface area contributed by atoms with Crippen LogP contribution in [0.25, 0.3) is 6.08 Å². The topological polar surface area (TPSA) is 44.8 Å². The van der Waals surface area contributed by atoms with Crippen LogP contribution in [0.4, 0.5) is 0 Å². The molecule has 0 unspecified atom stereocenters. The van der Waals surface area contributed by atoms with E-state index in [0.717, 1.165) is 31.2 Å². The second-order valence-electron chi connectivity index (χ2n) is 6.89. The zero-order chi connectivity index (χ0) is 16.8. The Morgan fingerprint density at radius 1 is 1.29 bits per heavy atom. The summed E-state index contributed by atoms with van der Waals surface area (Å²) in [7, 11) is 1.41. The summed E-state index contributed by atoms with van der Waals surface area (Å²) in [6.45, 7) is 2.25. The van der Waals surface area contributed by atoms with Crippen molar-refractivity contribution in [2.75, 3.05) is 7.11 Å². The summed E-state index contributed by atoms with van der Waals surface area (Å²) < 4.78 is 16.4. The Bertz CT molecular complexity index is 725. The minimum absolute atomic E-state index is 0.0826. The number of rotatable bonds is 2. The van der Waals surface area contributed by atoms with Gasteiger partial charge in [0.25, 0.3) is 0 Å². The van der Waals surface area contributed by atoms with Gasteiger partial charge in [-0.3, -0.25) is 0 Å². The highest BCUT2D eigenvalue weighted by molar-refractivity contribution is 5.90. The largest absolute Gasteiger partial charge is 0.465 e. The van der Waals surface area contributed by atoms with E-state index in [2.05, 4.69) is 25.1 Å². The molecule has 4 rings (SSSR count). The van der Waals surface area contributed by atoms with Crippen LogP contribution in [0.15, 0.2) is 36.8 Å². The molecule has 4 nitrogen and oxygen atoms in total. The lowest BCUT2D eigenvalue weighted by Crippen LogP contribution is -2.48. The van der Waals surface area contributed by atoms with Crippen molar-refractivity contribution in [3.05, 3.63) is 53.5 Å². The summed E-state index contributed by atoms with van der Waals surface area (Å²) in [5.74, 6) is -0.412. The fraction of sp³-hybridized carbons (Fsp3) is 0.450. The van der Waals surface area contributed by atoms with Gasteiger partial charge in [0.1, 0.15) is 12.5 Å². The average molecular weight is 326 g/mol. The normalized spacial score (nSPS) is 28.7. The quantitative estimate of drug-likeness (QED) is 0.766. The standard InChI is InChI=1S/C20H22O4/c1-3-19-8-9-20(23-10-11-24-20)13-16(19)6-4-14-12-15(18(21)22-2)5-7-17(14)19/h4-7,10-12,16H,3,8-9,13H2,1-2H3/t16-,19+/m1/s1. The van der Waals surface area contributed by atoms with Crippen LogP contribution in [0.1, 0.15) is 54.1 Å². The van der Waals surface area contributed by atoms with Crippen molar-refractivity contribution >= 4 is 12.0 Å². The third kappa shape index (κ3) is 2.09. The lowest BCUT2D eigenvalue weighted by Gasteiger charge is -2.50. The third-order valence-corrected chi connectivity index (χ3v) is 5.96. The first kappa shape index (κ1) is 15.3. The Balaban J connectivity index is 1.72. The van der Waals surface area contributed by atoms with Crippen LogP contribution in [-0.2, 0) is 19.6 Å². The Hall–Kier alpha value is -2.23. The van der Waals surface area contributed by atoms with Crippen molar-refractivity contribution in [1.82, 2.24) is 0 Å². The maximum atomic E-state index is 11.8. The molecule has 24 heavy (non-hydrogen) atoms. The first-order valence-corrected chi connectivity index (χ1v) is 8.54. The summed E-state index contributed by atoms with van der Waals surface area (Å²) in [5.41, 5.74) is 3.13. The van der Waals surface area contributed by atoms with E-state index in [4.69, 9.17) is 14.2 Å². The first-order valence-electron chi connectivity index (χ1n) is 8.54. The molecule has 1 spiro atoms. The van der Waals surface area contributed by atoms with E-state index in [0.29, 0.717) is 11.5 Å². The molecule has 0 saturated heterocycles. The molecule has 3 aliphatic rings. The minimum Gasteiger partial charge on any atom is -0.465 e. The second-order valence-corrected chi connectivity index (χ2v) is 6.89. The average Bonchev–Trinajstić information content (AvgIpc) is 3.08. The second kappa shape index (κ2) is 5.40. The fourth-order valence-electron chi connectivity index (χ4n) is 4.61. The van der Waals surface area contributed by atoms with Gasteiger partial charge >= 0.3 is 5.97 Å². The van der Waals surface area contributed by atoms with Crippen LogP contribution < -0.4 is 0 Å². The van der Waals surface area contributed by atoms with Gasteiger partial charge in [0.05, 0.1) is 12.7 Å². The van der Waals surface area contributed by atoms with Gasteiger partial charge in [0.15, 0.2) is 0 Å². The molecule has 1 heterocycles. The lowest BCUT2D eigenvalue weighted by molar-refractivity contribution is -0.181. The van der Waals surface area contributed by atoms with Crippen LogP contribution in [0, 0.1) is 5.92 Å². The Kier molecular flexibility index (Phi) is 3.44. The molecule has 126 valence electrons. The van der Waals surface area contributed by atoms with Crippen molar-refractivity contribution in [3.63, 3.8) is 0 Å². The van der Waals surface area contributed by atoms with E-state index in [1.807, 2.05) is 12.1 Å². The zero-order valence-electron chi connectivity index (χ0n) is 14.1. The third-order valence-electron chi connectivity index (χ3n) is 5.96. The zero-order valence-corrected chi connectivity index (χ0v) is 14.1. The van der Waals surface area contributed by atoms with Gasteiger partial charge < -0.3 is 14.2 Å². The SMILES string of the molecule is CC[C@]12CCC3(C[C@H]1C=Cc1cc(C(=O)OC)ccc12)OC=CO3. The highest BCUT2D eigenvalue weighted by Crippen LogP contribution is 2.55. The van der Waals surface area contributed by atoms with Gasteiger partial charge in [-0.15, -0.1) is 0 Å². The molecule has 0 bridgehead atoms. The smallest absolute Gasteiger partial charge is 0.337 e. The Labute approximate surface area is 142 Å². The molecule has 0 N–H and O–H groups in total. The van der Waals surface area contributed by atoms with E-state index in [1.54, 1.807) is 12.5 Å². The van der Waals surface area contributed by atoms with Crippen molar-refractivity contribution in [2.45, 2.75) is 43.8 Å². The highest BCUT2D eigenvalue weighted by Gasteiger charge is 2.52. The highest BCUT2D eigenvalue weighted by atomic mass is 16.7. The number of ether oxygens (including phenoxy) is 3. The summed E-state index contributed by atoms with van der Waals surface area (Å²) in [6.07, 6.45) is 11.5. The van der Waals surface area contributed by atoms with Gasteiger partial charge in [0, 0.05) is 18.3 Å². The minimum atomic E-state index is -0.489. The summed E-state index contributed by atoms with van der Waals surface area (Å²) in [6, 6.07) is 5.93. The number of hydrogen-bond donors (Lipinski definition) is 0. The van der Waals surface area contributed by atoms with E-state index in [-0.39, 0.29) is 11.4 Å². The van der Waals surface area contributed by atoms with E-state index < -0.39 is 5.79 Å². The van der Waals surface area contributed by atoms with E-state index in [1.165, 1.54) is 12.7 Å². The van der Waals surface area contributed by atoms with Crippen LogP contribution in [0.3, 0.4) is 0 Å². The van der Waals surface area contributed by atoms with Crippen LogP contribution in [0.5, 0.6) is 0 Å². The molecular formula is C20H22O4. The molecular weight excluding hydrogens is 304 g/mol.